The molecule has 0 unspecified atom stereocenters. The number of carbonyl (C=O) groups is 2. The second kappa shape index (κ2) is 4.16. The van der Waals surface area contributed by atoms with Gasteiger partial charge >= 0.3 is 0 Å². The van der Waals surface area contributed by atoms with Gasteiger partial charge in [0.2, 0.25) is 11.8 Å². The van der Waals surface area contributed by atoms with Crippen LogP contribution in [-0.2, 0) is 16.1 Å². The zero-order chi connectivity index (χ0) is 12.5. The first-order valence-electron chi connectivity index (χ1n) is 5.49. The fourth-order valence-corrected chi connectivity index (χ4v) is 1.90. The number of carbonyl (C=O) groups excluding carboxylic acids is 2. The van der Waals surface area contributed by atoms with Crippen LogP contribution in [0.5, 0.6) is 0 Å². The van der Waals surface area contributed by atoms with Gasteiger partial charge < -0.3 is 10.2 Å². The van der Waals surface area contributed by atoms with Crippen molar-refractivity contribution in [1.29, 1.82) is 0 Å². The fraction of sp³-hybridized carbons (Fsp3) is 0.417. The average molecular weight is 233 g/mol. The van der Waals surface area contributed by atoms with Crippen LogP contribution in [0.15, 0.2) is 24.4 Å². The van der Waals surface area contributed by atoms with Crippen molar-refractivity contribution in [3.05, 3.63) is 30.1 Å². The van der Waals surface area contributed by atoms with Crippen molar-refractivity contribution in [2.75, 3.05) is 6.54 Å². The molecule has 1 aromatic rings. The third-order valence-electron chi connectivity index (χ3n) is 2.69. The molecule has 0 aromatic carbocycles. The van der Waals surface area contributed by atoms with Crippen molar-refractivity contribution in [3.8, 4) is 0 Å². The topological polar surface area (TPSA) is 62.3 Å². The molecule has 1 aliphatic heterocycles. The molecule has 5 heteroatoms. The number of nitrogens with zero attached hydrogens (tertiary/aromatic N) is 2. The van der Waals surface area contributed by atoms with Gasteiger partial charge in [-0.25, -0.2) is 0 Å². The predicted octanol–water partition coefficient (Wildman–Crippen LogP) is 0.319. The van der Waals surface area contributed by atoms with Crippen LogP contribution in [0.4, 0.5) is 0 Å². The zero-order valence-corrected chi connectivity index (χ0v) is 9.93. The highest BCUT2D eigenvalue weighted by atomic mass is 16.2. The Hall–Kier alpha value is -1.91. The molecule has 1 aliphatic rings. The first kappa shape index (κ1) is 11.6. The number of hydrogen-bond donors (Lipinski definition) is 1. The largest absolute Gasteiger partial charge is 0.341 e. The van der Waals surface area contributed by atoms with Crippen LogP contribution in [0, 0.1) is 0 Å². The van der Waals surface area contributed by atoms with Crippen molar-refractivity contribution in [2.45, 2.75) is 25.9 Å². The lowest BCUT2D eigenvalue weighted by Gasteiger charge is -2.37. The van der Waals surface area contributed by atoms with Gasteiger partial charge in [-0.2, -0.15) is 0 Å². The van der Waals surface area contributed by atoms with E-state index in [9.17, 15) is 9.59 Å². The number of hydrogen-bond acceptors (Lipinski definition) is 3. The second-order valence-corrected chi connectivity index (χ2v) is 4.66. The molecule has 90 valence electrons. The Labute approximate surface area is 99.8 Å². The first-order valence-corrected chi connectivity index (χ1v) is 5.49. The van der Waals surface area contributed by atoms with E-state index in [1.165, 1.54) is 4.90 Å². The Morgan fingerprint density at radius 3 is 2.82 bits per heavy atom. The molecule has 0 radical (unpaired) electrons. The summed E-state index contributed by atoms with van der Waals surface area (Å²) in [6, 6.07) is 5.52. The summed E-state index contributed by atoms with van der Waals surface area (Å²) in [6.45, 7) is 3.88. The van der Waals surface area contributed by atoms with E-state index < -0.39 is 5.54 Å². The van der Waals surface area contributed by atoms with Gasteiger partial charge in [0.25, 0.3) is 0 Å². The van der Waals surface area contributed by atoms with Gasteiger partial charge in [0, 0.05) is 6.20 Å². The quantitative estimate of drug-likeness (QED) is 0.800. The van der Waals surface area contributed by atoms with E-state index in [1.807, 2.05) is 18.2 Å². The Morgan fingerprint density at radius 2 is 2.18 bits per heavy atom. The molecule has 1 saturated heterocycles. The lowest BCUT2D eigenvalue weighted by molar-refractivity contribution is -0.149. The Morgan fingerprint density at radius 1 is 1.41 bits per heavy atom. The van der Waals surface area contributed by atoms with Crippen molar-refractivity contribution >= 4 is 11.8 Å². The third-order valence-corrected chi connectivity index (χ3v) is 2.69. The molecule has 2 heterocycles. The summed E-state index contributed by atoms with van der Waals surface area (Å²) in [5.74, 6) is -0.215. The van der Waals surface area contributed by atoms with E-state index in [0.717, 1.165) is 5.69 Å². The maximum atomic E-state index is 12.1. The normalized spacial score (nSPS) is 19.1. The van der Waals surface area contributed by atoms with Crippen LogP contribution in [0.3, 0.4) is 0 Å². The molecule has 0 saturated carbocycles. The molecule has 1 fully saturated rings. The molecule has 0 bridgehead atoms. The van der Waals surface area contributed by atoms with E-state index in [1.54, 1.807) is 20.0 Å². The van der Waals surface area contributed by atoms with Crippen molar-refractivity contribution < 1.29 is 9.59 Å². The lowest BCUT2D eigenvalue weighted by Crippen LogP contribution is -2.63. The maximum Gasteiger partial charge on any atom is 0.248 e. The summed E-state index contributed by atoms with van der Waals surface area (Å²) < 4.78 is 0. The average Bonchev–Trinajstić information content (AvgIpc) is 2.26. The zero-order valence-electron chi connectivity index (χ0n) is 9.93. The molecule has 1 N–H and O–H groups in total. The Bertz CT molecular complexity index is 442. The van der Waals surface area contributed by atoms with E-state index >= 15 is 0 Å². The SMILES string of the molecule is CC1(C)NC(=O)CN(Cc2ccccn2)C1=O. The number of aromatic nitrogens is 1. The molecular formula is C12H15N3O2. The fourth-order valence-electron chi connectivity index (χ4n) is 1.90. The molecule has 1 aromatic heterocycles. The molecule has 0 atom stereocenters. The van der Waals surface area contributed by atoms with Gasteiger partial charge in [0.15, 0.2) is 0 Å². The van der Waals surface area contributed by atoms with Crippen molar-refractivity contribution in [1.82, 2.24) is 15.2 Å². The summed E-state index contributed by atoms with van der Waals surface area (Å²) in [4.78, 5) is 29.3. The van der Waals surface area contributed by atoms with Gasteiger partial charge in [-0.15, -0.1) is 0 Å². The minimum atomic E-state index is -0.829. The number of nitrogens with one attached hydrogen (secondary N) is 1. The van der Waals surface area contributed by atoms with Crippen LogP contribution >= 0.6 is 0 Å². The van der Waals surface area contributed by atoms with E-state index in [-0.39, 0.29) is 18.4 Å². The maximum absolute atomic E-state index is 12.1. The van der Waals surface area contributed by atoms with E-state index in [4.69, 9.17) is 0 Å². The summed E-state index contributed by atoms with van der Waals surface area (Å²) in [6.07, 6.45) is 1.68. The number of piperazine rings is 1. The predicted molar refractivity (Wildman–Crippen MR) is 61.9 cm³/mol. The number of rotatable bonds is 2. The van der Waals surface area contributed by atoms with Crippen LogP contribution < -0.4 is 5.32 Å². The van der Waals surface area contributed by atoms with Crippen LogP contribution in [0.2, 0.25) is 0 Å². The highest BCUT2D eigenvalue weighted by molar-refractivity contribution is 5.97. The summed E-state index contributed by atoms with van der Waals surface area (Å²) in [5, 5.41) is 2.67. The monoisotopic (exact) mass is 233 g/mol. The highest BCUT2D eigenvalue weighted by Crippen LogP contribution is 2.15. The second-order valence-electron chi connectivity index (χ2n) is 4.66. The molecule has 2 rings (SSSR count). The number of amides is 2. The minimum absolute atomic E-state index is 0.0808. The van der Waals surface area contributed by atoms with Gasteiger partial charge in [-0.3, -0.25) is 14.6 Å². The Kier molecular flexibility index (Phi) is 2.83. The van der Waals surface area contributed by atoms with Gasteiger partial charge in [-0.05, 0) is 26.0 Å². The Balaban J connectivity index is 2.15. The summed E-state index contributed by atoms with van der Waals surface area (Å²) >= 11 is 0. The molecule has 0 spiro atoms. The molecule has 0 aliphatic carbocycles. The molecule has 2 amide bonds. The summed E-state index contributed by atoms with van der Waals surface area (Å²) in [7, 11) is 0. The van der Waals surface area contributed by atoms with Gasteiger partial charge in [0.05, 0.1) is 12.2 Å². The van der Waals surface area contributed by atoms with Gasteiger partial charge in [-0.1, -0.05) is 6.07 Å². The van der Waals surface area contributed by atoms with Crippen LogP contribution in [0.1, 0.15) is 19.5 Å². The van der Waals surface area contributed by atoms with Crippen LogP contribution in [0.25, 0.3) is 0 Å². The molecule has 5 nitrogen and oxygen atoms in total. The van der Waals surface area contributed by atoms with E-state index in [0.29, 0.717) is 6.54 Å². The minimum Gasteiger partial charge on any atom is -0.341 e. The van der Waals surface area contributed by atoms with Gasteiger partial charge in [0.1, 0.15) is 12.1 Å². The van der Waals surface area contributed by atoms with Crippen molar-refractivity contribution in [2.24, 2.45) is 0 Å². The van der Waals surface area contributed by atoms with Crippen molar-refractivity contribution in [3.63, 3.8) is 0 Å². The van der Waals surface area contributed by atoms with E-state index in [2.05, 4.69) is 10.3 Å². The lowest BCUT2D eigenvalue weighted by atomic mass is 10.0. The highest BCUT2D eigenvalue weighted by Gasteiger charge is 2.38. The number of pyridine rings is 1. The summed E-state index contributed by atoms with van der Waals surface area (Å²) in [5.41, 5.74) is -0.0456. The smallest absolute Gasteiger partial charge is 0.248 e. The molecular weight excluding hydrogens is 218 g/mol. The van der Waals surface area contributed by atoms with Crippen LogP contribution in [-0.4, -0.2) is 33.8 Å². The third kappa shape index (κ3) is 2.43. The standard InChI is InChI=1S/C12H15N3O2/c1-12(2)11(17)15(8-10(16)14-12)7-9-5-3-4-6-13-9/h3-6H,7-8H2,1-2H3,(H,14,16). The molecule has 17 heavy (non-hydrogen) atoms. The first-order chi connectivity index (χ1) is 7.99.